The molecule has 3 rings (SSSR count). The van der Waals surface area contributed by atoms with Crippen LogP contribution in [0.5, 0.6) is 5.75 Å². The highest BCUT2D eigenvalue weighted by atomic mass is 16.4. The highest BCUT2D eigenvalue weighted by Crippen LogP contribution is 2.28. The zero-order valence-electron chi connectivity index (χ0n) is 13.2. The average Bonchev–Trinajstić information content (AvgIpc) is 2.93. The van der Waals surface area contributed by atoms with Gasteiger partial charge in [0.25, 0.3) is 0 Å². The molecular formula is C17H16N4O3. The Labute approximate surface area is 137 Å². The van der Waals surface area contributed by atoms with Crippen molar-refractivity contribution in [3.05, 3.63) is 53.9 Å². The molecule has 0 radical (unpaired) electrons. The molecule has 2 heterocycles. The second-order valence-corrected chi connectivity index (χ2v) is 5.62. The van der Waals surface area contributed by atoms with Crippen LogP contribution in [0.25, 0.3) is 5.65 Å². The Morgan fingerprint density at radius 1 is 1.17 bits per heavy atom. The summed E-state index contributed by atoms with van der Waals surface area (Å²) in [5.41, 5.74) is 1.64. The fraction of sp³-hybridized carbons (Fsp3) is 0.176. The van der Waals surface area contributed by atoms with E-state index in [-0.39, 0.29) is 22.9 Å². The van der Waals surface area contributed by atoms with E-state index >= 15 is 0 Å². The van der Waals surface area contributed by atoms with Crippen molar-refractivity contribution in [2.24, 2.45) is 10.2 Å². The molecule has 122 valence electrons. The Kier molecular flexibility index (Phi) is 3.99. The van der Waals surface area contributed by atoms with E-state index in [0.717, 1.165) is 0 Å². The van der Waals surface area contributed by atoms with Gasteiger partial charge in [0, 0.05) is 6.20 Å². The molecule has 0 bridgehead atoms. The molecule has 1 aromatic carbocycles. The first-order valence-corrected chi connectivity index (χ1v) is 7.42. The number of fused-ring (bicyclic) bond motifs is 1. The highest BCUT2D eigenvalue weighted by molar-refractivity contribution is 5.92. The fourth-order valence-electron chi connectivity index (χ4n) is 2.31. The van der Waals surface area contributed by atoms with Crippen molar-refractivity contribution in [3.63, 3.8) is 0 Å². The predicted molar refractivity (Wildman–Crippen MR) is 88.5 cm³/mol. The minimum atomic E-state index is -1.23. The number of hydrogen-bond acceptors (Lipinski definition) is 5. The lowest BCUT2D eigenvalue weighted by Gasteiger charge is -2.04. The summed E-state index contributed by atoms with van der Waals surface area (Å²) >= 11 is 0. The normalized spacial score (nSPS) is 11.6. The monoisotopic (exact) mass is 324 g/mol. The summed E-state index contributed by atoms with van der Waals surface area (Å²) < 4.78 is 1.39. The van der Waals surface area contributed by atoms with Gasteiger partial charge in [0.2, 0.25) is 0 Å². The van der Waals surface area contributed by atoms with Crippen LogP contribution in [0.2, 0.25) is 0 Å². The summed E-state index contributed by atoms with van der Waals surface area (Å²) in [6.45, 7) is 4.20. The first kappa shape index (κ1) is 15.7. The lowest BCUT2D eigenvalue weighted by molar-refractivity contribution is 0.0692. The second-order valence-electron chi connectivity index (χ2n) is 5.62. The SMILES string of the molecule is CC(C)c1ccc(N=Nc2c(C(=O)O)nc3c(O)cccn23)cc1. The van der Waals surface area contributed by atoms with E-state index in [1.165, 1.54) is 16.0 Å². The van der Waals surface area contributed by atoms with Crippen LogP contribution in [0.1, 0.15) is 35.8 Å². The van der Waals surface area contributed by atoms with Gasteiger partial charge in [-0.3, -0.25) is 4.40 Å². The highest BCUT2D eigenvalue weighted by Gasteiger charge is 2.19. The minimum Gasteiger partial charge on any atom is -0.504 e. The molecule has 24 heavy (non-hydrogen) atoms. The van der Waals surface area contributed by atoms with E-state index in [0.29, 0.717) is 11.6 Å². The molecule has 0 atom stereocenters. The van der Waals surface area contributed by atoms with Crippen molar-refractivity contribution in [1.82, 2.24) is 9.38 Å². The number of carboxylic acids is 1. The van der Waals surface area contributed by atoms with Crippen molar-refractivity contribution in [3.8, 4) is 5.75 Å². The lowest BCUT2D eigenvalue weighted by Crippen LogP contribution is -1.96. The number of nitrogens with zero attached hydrogens (tertiary/aromatic N) is 4. The Balaban J connectivity index is 2.04. The quantitative estimate of drug-likeness (QED) is 0.700. The third kappa shape index (κ3) is 2.83. The summed E-state index contributed by atoms with van der Waals surface area (Å²) in [4.78, 5) is 15.3. The van der Waals surface area contributed by atoms with Gasteiger partial charge in [-0.2, -0.15) is 0 Å². The molecule has 0 aliphatic rings. The Morgan fingerprint density at radius 2 is 1.88 bits per heavy atom. The molecule has 0 saturated carbocycles. The van der Waals surface area contributed by atoms with E-state index in [2.05, 4.69) is 29.1 Å². The van der Waals surface area contributed by atoms with Crippen molar-refractivity contribution >= 4 is 23.1 Å². The summed E-state index contributed by atoms with van der Waals surface area (Å²) in [6.07, 6.45) is 1.57. The summed E-state index contributed by atoms with van der Waals surface area (Å²) in [6, 6.07) is 10.6. The van der Waals surface area contributed by atoms with E-state index < -0.39 is 5.97 Å². The van der Waals surface area contributed by atoms with Gasteiger partial charge < -0.3 is 10.2 Å². The molecule has 2 N–H and O–H groups in total. The smallest absolute Gasteiger partial charge is 0.358 e. The summed E-state index contributed by atoms with van der Waals surface area (Å²) in [5, 5.41) is 27.2. The van der Waals surface area contributed by atoms with E-state index in [1.807, 2.05) is 24.3 Å². The number of aromatic carboxylic acids is 1. The van der Waals surface area contributed by atoms with Crippen LogP contribution < -0.4 is 0 Å². The first-order chi connectivity index (χ1) is 11.5. The Morgan fingerprint density at radius 3 is 2.50 bits per heavy atom. The molecule has 0 fully saturated rings. The molecule has 7 heteroatoms. The lowest BCUT2D eigenvalue weighted by atomic mass is 10.0. The van der Waals surface area contributed by atoms with Gasteiger partial charge in [-0.1, -0.05) is 26.0 Å². The molecule has 7 nitrogen and oxygen atoms in total. The Hall–Kier alpha value is -3.22. The van der Waals surface area contributed by atoms with Gasteiger partial charge in [-0.15, -0.1) is 10.2 Å². The van der Waals surface area contributed by atoms with Crippen LogP contribution in [0.15, 0.2) is 52.8 Å². The molecule has 2 aromatic heterocycles. The van der Waals surface area contributed by atoms with E-state index in [9.17, 15) is 15.0 Å². The third-order valence-electron chi connectivity index (χ3n) is 3.63. The standard InChI is InChI=1S/C17H16N4O3/c1-10(2)11-5-7-12(8-6-11)19-20-16-14(17(23)24)18-15-13(22)4-3-9-21(15)16/h3-10,22H,1-2H3,(H,23,24). The average molecular weight is 324 g/mol. The van der Waals surface area contributed by atoms with Crippen molar-refractivity contribution in [2.45, 2.75) is 19.8 Å². The number of aromatic nitrogens is 2. The van der Waals surface area contributed by atoms with Gasteiger partial charge in [0.15, 0.2) is 22.9 Å². The first-order valence-electron chi connectivity index (χ1n) is 7.42. The number of hydrogen-bond donors (Lipinski definition) is 2. The molecule has 0 aliphatic heterocycles. The van der Waals surface area contributed by atoms with Gasteiger partial charge >= 0.3 is 5.97 Å². The van der Waals surface area contributed by atoms with Crippen LogP contribution in [0.4, 0.5) is 11.5 Å². The van der Waals surface area contributed by atoms with E-state index in [1.54, 1.807) is 12.3 Å². The van der Waals surface area contributed by atoms with E-state index in [4.69, 9.17) is 0 Å². The topological polar surface area (TPSA) is 99.5 Å². The molecule has 0 aliphatic carbocycles. The van der Waals surface area contributed by atoms with Gasteiger partial charge in [-0.25, -0.2) is 9.78 Å². The number of azo groups is 1. The van der Waals surface area contributed by atoms with Crippen LogP contribution in [-0.2, 0) is 0 Å². The predicted octanol–water partition coefficient (Wildman–Crippen LogP) is 4.28. The van der Waals surface area contributed by atoms with Crippen molar-refractivity contribution in [2.75, 3.05) is 0 Å². The van der Waals surface area contributed by atoms with Crippen molar-refractivity contribution in [1.29, 1.82) is 0 Å². The zero-order chi connectivity index (χ0) is 17.3. The van der Waals surface area contributed by atoms with Gasteiger partial charge in [0.05, 0.1) is 5.69 Å². The van der Waals surface area contributed by atoms with Gasteiger partial charge in [-0.05, 0) is 35.7 Å². The molecule has 0 saturated heterocycles. The maximum atomic E-state index is 11.4. The molecule has 0 unspecified atom stereocenters. The number of aromatic hydroxyl groups is 1. The number of pyridine rings is 1. The number of imidazole rings is 1. The van der Waals surface area contributed by atoms with Crippen LogP contribution in [0.3, 0.4) is 0 Å². The number of carboxylic acid groups (broad SMARTS) is 1. The molecule has 0 amide bonds. The second kappa shape index (κ2) is 6.11. The number of carbonyl (C=O) groups is 1. The number of benzene rings is 1. The maximum Gasteiger partial charge on any atom is 0.358 e. The summed E-state index contributed by atoms with van der Waals surface area (Å²) in [5.74, 6) is -0.886. The Bertz CT molecular complexity index is 927. The van der Waals surface area contributed by atoms with Gasteiger partial charge in [0.1, 0.15) is 0 Å². The molecule has 3 aromatic rings. The summed E-state index contributed by atoms with van der Waals surface area (Å²) in [7, 11) is 0. The third-order valence-corrected chi connectivity index (χ3v) is 3.63. The minimum absolute atomic E-state index is 0.0568. The van der Waals surface area contributed by atoms with Crippen LogP contribution in [-0.4, -0.2) is 25.6 Å². The molecular weight excluding hydrogens is 308 g/mol. The van der Waals surface area contributed by atoms with Crippen LogP contribution >= 0.6 is 0 Å². The zero-order valence-corrected chi connectivity index (χ0v) is 13.2. The number of rotatable bonds is 4. The van der Waals surface area contributed by atoms with Crippen LogP contribution in [0, 0.1) is 0 Å². The molecule has 0 spiro atoms. The largest absolute Gasteiger partial charge is 0.504 e. The maximum absolute atomic E-state index is 11.4. The van der Waals surface area contributed by atoms with Crippen molar-refractivity contribution < 1.29 is 15.0 Å². The fourth-order valence-corrected chi connectivity index (χ4v) is 2.31.